The van der Waals surface area contributed by atoms with Crippen LogP contribution in [0.3, 0.4) is 0 Å². The second-order valence-corrected chi connectivity index (χ2v) is 6.42. The van der Waals surface area contributed by atoms with E-state index in [1.807, 2.05) is 0 Å². The minimum absolute atomic E-state index is 0.0254. The largest absolute Gasteiger partial charge is 0.493 e. The van der Waals surface area contributed by atoms with Crippen LogP contribution in [0.4, 0.5) is 13.2 Å². The molecule has 0 spiro atoms. The van der Waals surface area contributed by atoms with E-state index in [1.165, 1.54) is 26.4 Å². The summed E-state index contributed by atoms with van der Waals surface area (Å²) >= 11 is 0. The number of ether oxygens (including phenoxy) is 3. The fourth-order valence-electron chi connectivity index (χ4n) is 2.86. The molecule has 3 aromatic rings. The molecule has 3 rings (SSSR count). The van der Waals surface area contributed by atoms with Gasteiger partial charge in [-0.2, -0.15) is 5.26 Å². The highest BCUT2D eigenvalue weighted by atomic mass is 19.2. The quantitative estimate of drug-likeness (QED) is 0.169. The van der Waals surface area contributed by atoms with E-state index in [0.717, 1.165) is 6.07 Å². The molecule has 0 unspecified atom stereocenters. The van der Waals surface area contributed by atoms with Crippen molar-refractivity contribution in [2.75, 3.05) is 14.2 Å². The highest BCUT2D eigenvalue weighted by Crippen LogP contribution is 2.31. The van der Waals surface area contributed by atoms with Crippen molar-refractivity contribution in [3.05, 3.63) is 88.7 Å². The van der Waals surface area contributed by atoms with E-state index in [4.69, 9.17) is 14.2 Å². The van der Waals surface area contributed by atoms with Gasteiger partial charge in [0, 0.05) is 0 Å². The van der Waals surface area contributed by atoms with Gasteiger partial charge in [0.15, 0.2) is 29.0 Å². The average Bonchev–Trinajstić information content (AvgIpc) is 2.80. The molecule has 0 saturated heterocycles. The number of allylic oxidation sites excluding steroid dienone is 1. The number of hydrogen-bond acceptors (Lipinski definition) is 5. The van der Waals surface area contributed by atoms with E-state index < -0.39 is 29.0 Å². The summed E-state index contributed by atoms with van der Waals surface area (Å²) in [7, 11) is 2.97. The van der Waals surface area contributed by atoms with Gasteiger partial charge in [0.2, 0.25) is 0 Å². The van der Waals surface area contributed by atoms with E-state index in [0.29, 0.717) is 34.3 Å². The van der Waals surface area contributed by atoms with Crippen LogP contribution in [0.5, 0.6) is 17.2 Å². The predicted octanol–water partition coefficient (Wildman–Crippen LogP) is 5.40. The molecule has 0 atom stereocenters. The van der Waals surface area contributed by atoms with Crippen LogP contribution < -0.4 is 14.2 Å². The third-order valence-corrected chi connectivity index (χ3v) is 4.45. The van der Waals surface area contributed by atoms with Gasteiger partial charge < -0.3 is 14.2 Å². The number of rotatable bonds is 6. The van der Waals surface area contributed by atoms with Crippen molar-refractivity contribution in [3.8, 4) is 23.3 Å². The van der Waals surface area contributed by atoms with Gasteiger partial charge in [-0.05, 0) is 59.7 Å². The van der Waals surface area contributed by atoms with Crippen molar-refractivity contribution in [1.29, 1.82) is 5.26 Å². The molecule has 0 heterocycles. The number of nitrogens with zero attached hydrogens (tertiary/aromatic N) is 1. The Bertz CT molecular complexity index is 1250. The molecule has 0 amide bonds. The lowest BCUT2D eigenvalue weighted by Gasteiger charge is -2.09. The molecule has 0 saturated carbocycles. The number of hydrogen-bond donors (Lipinski definition) is 0. The Morgan fingerprint density at radius 1 is 0.938 bits per heavy atom. The van der Waals surface area contributed by atoms with E-state index in [9.17, 15) is 23.2 Å². The normalized spacial score (nSPS) is 10.9. The summed E-state index contributed by atoms with van der Waals surface area (Å²) in [5.74, 6) is -5.02. The molecule has 32 heavy (non-hydrogen) atoms. The van der Waals surface area contributed by atoms with Crippen LogP contribution >= 0.6 is 0 Å². The molecule has 0 aromatic heterocycles. The molecule has 0 aliphatic carbocycles. The minimum Gasteiger partial charge on any atom is -0.493 e. The summed E-state index contributed by atoms with van der Waals surface area (Å²) in [5, 5.41) is 9.59. The van der Waals surface area contributed by atoms with Gasteiger partial charge >= 0.3 is 5.97 Å². The van der Waals surface area contributed by atoms with Gasteiger partial charge in [0.25, 0.3) is 0 Å². The third kappa shape index (κ3) is 4.73. The molecule has 8 heteroatoms. The van der Waals surface area contributed by atoms with Crippen LogP contribution in [0.25, 0.3) is 11.6 Å². The molecule has 0 aliphatic heterocycles. The maximum Gasteiger partial charge on any atom is 0.346 e. The number of carbonyl (C=O) groups is 1. The first-order chi connectivity index (χ1) is 15.4. The average molecular weight is 439 g/mol. The first-order valence-electron chi connectivity index (χ1n) is 9.18. The maximum atomic E-state index is 13.8. The van der Waals surface area contributed by atoms with Crippen LogP contribution in [0.15, 0.2) is 54.6 Å². The fraction of sp³-hybridized carbons (Fsp3) is 0.0833. The summed E-state index contributed by atoms with van der Waals surface area (Å²) in [6.45, 7) is 0. The molecule has 162 valence electrons. The summed E-state index contributed by atoms with van der Waals surface area (Å²) in [5.41, 5.74) is 0.623. The highest BCUT2D eigenvalue weighted by molar-refractivity contribution is 5.92. The Labute approximate surface area is 181 Å². The Kier molecular flexibility index (Phi) is 6.80. The number of benzene rings is 3. The molecule has 0 N–H and O–H groups in total. The van der Waals surface area contributed by atoms with E-state index in [2.05, 4.69) is 6.07 Å². The maximum absolute atomic E-state index is 13.8. The molecular weight excluding hydrogens is 423 g/mol. The van der Waals surface area contributed by atoms with Crippen molar-refractivity contribution >= 4 is 17.6 Å². The monoisotopic (exact) mass is 439 g/mol. The minimum atomic E-state index is -1.76. The zero-order valence-corrected chi connectivity index (χ0v) is 17.0. The third-order valence-electron chi connectivity index (χ3n) is 4.45. The van der Waals surface area contributed by atoms with Crippen LogP contribution in [-0.4, -0.2) is 20.2 Å². The first-order valence-corrected chi connectivity index (χ1v) is 9.18. The van der Waals surface area contributed by atoms with Gasteiger partial charge in [0.1, 0.15) is 5.75 Å². The zero-order chi connectivity index (χ0) is 23.3. The van der Waals surface area contributed by atoms with Crippen molar-refractivity contribution in [3.63, 3.8) is 0 Å². The second kappa shape index (κ2) is 9.71. The topological polar surface area (TPSA) is 68.5 Å². The number of esters is 1. The summed E-state index contributed by atoms with van der Waals surface area (Å²) in [6.07, 6.45) is 1.55. The van der Waals surface area contributed by atoms with Crippen LogP contribution in [-0.2, 0) is 0 Å². The van der Waals surface area contributed by atoms with Crippen molar-refractivity contribution in [2.24, 2.45) is 0 Å². The highest BCUT2D eigenvalue weighted by Gasteiger charge is 2.20. The smallest absolute Gasteiger partial charge is 0.346 e. The number of halogens is 3. The standard InChI is InChI=1S/C24H16F3NO4/c1-30-20-9-6-15(12-21(20)31-2)16(13-28)10-14-4-3-5-17(11-14)32-24(29)18-7-8-19(25)23(27)22(18)26/h3-12H,1-2H3/b16-10-. The van der Waals surface area contributed by atoms with Gasteiger partial charge in [-0.25, -0.2) is 18.0 Å². The van der Waals surface area contributed by atoms with Crippen LogP contribution in [0.1, 0.15) is 21.5 Å². The number of methoxy groups -OCH3 is 2. The second-order valence-electron chi connectivity index (χ2n) is 6.42. The molecule has 0 aliphatic rings. The van der Waals surface area contributed by atoms with E-state index >= 15 is 0 Å². The van der Waals surface area contributed by atoms with Crippen LogP contribution in [0, 0.1) is 28.8 Å². The Morgan fingerprint density at radius 3 is 2.38 bits per heavy atom. The molecule has 0 bridgehead atoms. The Hall–Kier alpha value is -4.25. The Balaban J connectivity index is 1.88. The first kappa shape index (κ1) is 22.4. The van der Waals surface area contributed by atoms with Crippen LogP contribution in [0.2, 0.25) is 0 Å². The zero-order valence-electron chi connectivity index (χ0n) is 17.0. The lowest BCUT2D eigenvalue weighted by molar-refractivity contribution is 0.0728. The molecule has 5 nitrogen and oxygen atoms in total. The summed E-state index contributed by atoms with van der Waals surface area (Å²) in [4.78, 5) is 12.2. The van der Waals surface area contributed by atoms with Crippen molar-refractivity contribution < 1.29 is 32.2 Å². The van der Waals surface area contributed by atoms with Gasteiger partial charge in [-0.15, -0.1) is 0 Å². The van der Waals surface area contributed by atoms with Crippen molar-refractivity contribution in [2.45, 2.75) is 0 Å². The fourth-order valence-corrected chi connectivity index (χ4v) is 2.86. The summed E-state index contributed by atoms with van der Waals surface area (Å²) < 4.78 is 55.8. The predicted molar refractivity (Wildman–Crippen MR) is 111 cm³/mol. The lowest BCUT2D eigenvalue weighted by atomic mass is 10.0. The Morgan fingerprint density at radius 2 is 1.69 bits per heavy atom. The number of carbonyl (C=O) groups excluding carboxylic acids is 1. The number of nitriles is 1. The van der Waals surface area contributed by atoms with Gasteiger partial charge in [-0.1, -0.05) is 12.1 Å². The van der Waals surface area contributed by atoms with Gasteiger partial charge in [0.05, 0.1) is 31.4 Å². The molecule has 3 aromatic carbocycles. The summed E-state index contributed by atoms with van der Waals surface area (Å²) in [6, 6.07) is 14.6. The lowest BCUT2D eigenvalue weighted by Crippen LogP contribution is -2.12. The van der Waals surface area contributed by atoms with Gasteiger partial charge in [-0.3, -0.25) is 0 Å². The molecule has 0 fully saturated rings. The molecule has 0 radical (unpaired) electrons. The van der Waals surface area contributed by atoms with E-state index in [-0.39, 0.29) is 5.75 Å². The van der Waals surface area contributed by atoms with Crippen molar-refractivity contribution in [1.82, 2.24) is 0 Å². The molecular formula is C24H16F3NO4. The van der Waals surface area contributed by atoms with E-state index in [1.54, 1.807) is 36.4 Å². The SMILES string of the molecule is COc1ccc(/C(C#N)=C\c2cccc(OC(=O)c3ccc(F)c(F)c3F)c2)cc1OC.